The normalized spacial score (nSPS) is 49.0. The lowest BCUT2D eigenvalue weighted by atomic mass is 9.44. The van der Waals surface area contributed by atoms with Crippen LogP contribution in [0, 0.1) is 40.4 Å². The highest BCUT2D eigenvalue weighted by molar-refractivity contribution is 7.89. The van der Waals surface area contributed by atoms with Gasteiger partial charge in [0.05, 0.1) is 5.75 Å². The van der Waals surface area contributed by atoms with Crippen molar-refractivity contribution in [3.63, 3.8) is 0 Å². The van der Waals surface area contributed by atoms with Crippen molar-refractivity contribution < 1.29 is 18.0 Å². The van der Waals surface area contributed by atoms with Crippen LogP contribution >= 0.6 is 0 Å². The van der Waals surface area contributed by atoms with Crippen molar-refractivity contribution in [1.82, 2.24) is 4.31 Å². The third-order valence-electron chi connectivity index (χ3n) is 11.0. The Morgan fingerprint density at radius 1 is 1.12 bits per heavy atom. The number of fused-ring (bicyclic) bond motifs is 8. The number of hydrogen-bond donors (Lipinski definition) is 0. The molecule has 10 atom stereocenters. The Labute approximate surface area is 201 Å². The smallest absolute Gasteiger partial charge is 0.214 e. The number of Topliss-reactive ketones (excluding diaryl/α,β-unsaturated/α-hetero) is 2. The molecule has 4 saturated carbocycles. The van der Waals surface area contributed by atoms with E-state index in [-0.39, 0.29) is 40.4 Å². The molecule has 4 aliphatic carbocycles. The van der Waals surface area contributed by atoms with Gasteiger partial charge in [0, 0.05) is 38.9 Å². The molecule has 0 aromatic carbocycles. The molecule has 1 heterocycles. The van der Waals surface area contributed by atoms with Gasteiger partial charge in [-0.3, -0.25) is 9.59 Å². The van der Waals surface area contributed by atoms with Gasteiger partial charge in [-0.25, -0.2) is 8.42 Å². The van der Waals surface area contributed by atoms with Crippen LogP contribution in [0.1, 0.15) is 65.7 Å². The first kappa shape index (κ1) is 24.2. The lowest BCUT2D eigenvalue weighted by Gasteiger charge is -2.59. The quantitative estimate of drug-likeness (QED) is 0.409. The lowest BCUT2D eigenvalue weighted by molar-refractivity contribution is -0.138. The van der Waals surface area contributed by atoms with Crippen LogP contribution in [0.4, 0.5) is 0 Å². The van der Waals surface area contributed by atoms with Gasteiger partial charge < -0.3 is 0 Å². The van der Waals surface area contributed by atoms with Gasteiger partial charge in [-0.2, -0.15) is 4.31 Å². The predicted molar refractivity (Wildman–Crippen MR) is 133 cm³/mol. The molecule has 1 aliphatic heterocycles. The molecule has 0 aromatic rings. The maximum atomic E-state index is 13.8. The minimum absolute atomic E-state index is 0.0217. The lowest BCUT2D eigenvalue weighted by Crippen LogP contribution is -2.57. The van der Waals surface area contributed by atoms with E-state index in [9.17, 15) is 18.0 Å². The number of hydrogen-bond acceptors (Lipinski definition) is 4. The molecule has 0 radical (unpaired) electrons. The van der Waals surface area contributed by atoms with E-state index in [1.54, 1.807) is 6.92 Å². The first-order valence-corrected chi connectivity index (χ1v) is 18.6. The Kier molecular flexibility index (Phi) is 5.48. The number of carbonyl (C=O) groups excluding carboxylic acids is 2. The Balaban J connectivity index is 1.56. The molecule has 5 rings (SSSR count). The number of rotatable bonds is 5. The van der Waals surface area contributed by atoms with Crippen molar-refractivity contribution in [2.45, 2.75) is 103 Å². The molecule has 33 heavy (non-hydrogen) atoms. The minimum Gasteiger partial charge on any atom is -0.300 e. The van der Waals surface area contributed by atoms with E-state index in [4.69, 9.17) is 0 Å². The molecule has 0 aromatic heterocycles. The summed E-state index contributed by atoms with van der Waals surface area (Å²) in [7, 11) is -4.86. The molecule has 5 aliphatic rings. The zero-order chi connectivity index (χ0) is 24.1. The molecule has 0 N–H and O–H groups in total. The van der Waals surface area contributed by atoms with Gasteiger partial charge in [0.1, 0.15) is 11.6 Å². The van der Waals surface area contributed by atoms with Crippen LogP contribution in [0.15, 0.2) is 0 Å². The molecule has 5 nitrogen and oxygen atoms in total. The monoisotopic (exact) mass is 493 g/mol. The molecule has 0 spiro atoms. The summed E-state index contributed by atoms with van der Waals surface area (Å²) in [6.45, 7) is 13.1. The summed E-state index contributed by atoms with van der Waals surface area (Å²) in [5, 5.41) is 0. The average Bonchev–Trinajstić information content (AvgIpc) is 3.36. The fourth-order valence-electron chi connectivity index (χ4n) is 9.34. The SMILES string of the molecule is CC(=O)[C@H]1CC[C@H]2[C@@H]3CCC4CC(=O)CC[C@]4(C)[C@H]3[C@H]3[C@H](N3S(=O)(=O)CC[Si](C)(C)C)[C@]12C. The van der Waals surface area contributed by atoms with Gasteiger partial charge in [-0.1, -0.05) is 33.5 Å². The molecular weight excluding hydrogens is 450 g/mol. The minimum atomic E-state index is -3.36. The second kappa shape index (κ2) is 7.49. The maximum absolute atomic E-state index is 13.8. The van der Waals surface area contributed by atoms with E-state index in [1.165, 1.54) is 0 Å². The van der Waals surface area contributed by atoms with Crippen LogP contribution in [0.25, 0.3) is 0 Å². The van der Waals surface area contributed by atoms with E-state index in [0.717, 1.165) is 38.1 Å². The van der Waals surface area contributed by atoms with E-state index in [1.807, 2.05) is 4.31 Å². The van der Waals surface area contributed by atoms with Crippen LogP contribution in [0.2, 0.25) is 25.7 Å². The van der Waals surface area contributed by atoms with Crippen molar-refractivity contribution in [1.29, 1.82) is 0 Å². The summed E-state index contributed by atoms with van der Waals surface area (Å²) in [6, 6.07) is 0.785. The summed E-state index contributed by atoms with van der Waals surface area (Å²) in [4.78, 5) is 25.1. The summed E-state index contributed by atoms with van der Waals surface area (Å²) in [5.41, 5.74) is -0.198. The summed E-state index contributed by atoms with van der Waals surface area (Å²) in [5.74, 6) is 2.48. The van der Waals surface area contributed by atoms with Crippen LogP contribution in [-0.2, 0) is 19.6 Å². The van der Waals surface area contributed by atoms with E-state index in [0.29, 0.717) is 42.3 Å². The van der Waals surface area contributed by atoms with Crippen LogP contribution in [-0.4, -0.2) is 50.2 Å². The number of carbonyl (C=O) groups is 2. The maximum Gasteiger partial charge on any atom is 0.214 e. The second-order valence-electron chi connectivity index (χ2n) is 13.8. The number of sulfonamides is 1. The number of ketones is 2. The van der Waals surface area contributed by atoms with E-state index < -0.39 is 18.1 Å². The van der Waals surface area contributed by atoms with E-state index >= 15 is 0 Å². The Bertz CT molecular complexity index is 973. The highest BCUT2D eigenvalue weighted by Crippen LogP contribution is 2.73. The molecular formula is C26H43NO4SSi. The average molecular weight is 494 g/mol. The predicted octanol–water partition coefficient (Wildman–Crippen LogP) is 4.74. The Morgan fingerprint density at radius 2 is 1.82 bits per heavy atom. The standard InChI is InChI=1S/C26H43NO4SSi/c1-16(28)20-9-10-21-19-8-7-17-15-18(29)11-12-25(17,2)22(19)23-24(26(20,21)3)27(23)32(30,31)13-14-33(4,5)6/h17,19-24H,7-15H2,1-6H3/t17?,19-,20+,21-,22+,23-,24-,25-,26+,27?/m0/s1. The fraction of sp³-hybridized carbons (Fsp3) is 0.923. The van der Waals surface area contributed by atoms with Gasteiger partial charge in [0.25, 0.3) is 0 Å². The topological polar surface area (TPSA) is 71.3 Å². The zero-order valence-corrected chi connectivity index (χ0v) is 23.2. The second-order valence-corrected chi connectivity index (χ2v) is 21.4. The van der Waals surface area contributed by atoms with Crippen molar-refractivity contribution in [2.24, 2.45) is 40.4 Å². The van der Waals surface area contributed by atoms with Gasteiger partial charge >= 0.3 is 0 Å². The van der Waals surface area contributed by atoms with E-state index in [2.05, 4.69) is 33.5 Å². The van der Waals surface area contributed by atoms with Crippen LogP contribution in [0.5, 0.6) is 0 Å². The van der Waals surface area contributed by atoms with Crippen LogP contribution in [0.3, 0.4) is 0 Å². The first-order valence-electron chi connectivity index (χ1n) is 13.3. The van der Waals surface area contributed by atoms with Gasteiger partial charge in [0.15, 0.2) is 0 Å². The largest absolute Gasteiger partial charge is 0.300 e. The molecule has 186 valence electrons. The third-order valence-corrected chi connectivity index (χ3v) is 14.9. The van der Waals surface area contributed by atoms with Crippen molar-refractivity contribution in [3.8, 4) is 0 Å². The fourth-order valence-corrected chi connectivity index (χ4v) is 14.3. The highest BCUT2D eigenvalue weighted by atomic mass is 32.2. The van der Waals surface area contributed by atoms with Crippen molar-refractivity contribution >= 4 is 29.7 Å². The summed E-state index contributed by atoms with van der Waals surface area (Å²) in [6.07, 6.45) is 6.36. The van der Waals surface area contributed by atoms with Crippen LogP contribution < -0.4 is 0 Å². The Morgan fingerprint density at radius 3 is 2.45 bits per heavy atom. The Hall–Kier alpha value is -0.533. The molecule has 5 fully saturated rings. The van der Waals surface area contributed by atoms with Gasteiger partial charge in [0.2, 0.25) is 10.0 Å². The zero-order valence-electron chi connectivity index (χ0n) is 21.4. The number of nitrogens with zero attached hydrogens (tertiary/aromatic N) is 1. The molecule has 2 unspecified atom stereocenters. The van der Waals surface area contributed by atoms with Gasteiger partial charge in [-0.05, 0) is 79.6 Å². The third kappa shape index (κ3) is 3.49. The summed E-state index contributed by atoms with van der Waals surface area (Å²) >= 11 is 0. The summed E-state index contributed by atoms with van der Waals surface area (Å²) < 4.78 is 29.5. The molecule has 0 amide bonds. The van der Waals surface area contributed by atoms with Crippen molar-refractivity contribution in [2.75, 3.05) is 5.75 Å². The molecule has 7 heteroatoms. The first-order chi connectivity index (χ1) is 15.2. The van der Waals surface area contributed by atoms with Gasteiger partial charge in [-0.15, -0.1) is 0 Å². The highest BCUT2D eigenvalue weighted by Gasteiger charge is 2.78. The molecule has 1 saturated heterocycles. The molecule has 0 bridgehead atoms. The van der Waals surface area contributed by atoms with Crippen molar-refractivity contribution in [3.05, 3.63) is 0 Å².